The smallest absolute Gasteiger partial charge is 0.255 e. The van der Waals surface area contributed by atoms with Crippen LogP contribution in [0.4, 0.5) is 0 Å². The van der Waals surface area contributed by atoms with E-state index >= 15 is 0 Å². The second-order valence-electron chi connectivity index (χ2n) is 5.34. The maximum absolute atomic E-state index is 12.3. The van der Waals surface area contributed by atoms with Gasteiger partial charge in [-0.3, -0.25) is 4.79 Å². The SMILES string of the molecule is COCCOc1ccc([C@H](C)NC(=O)c2ccoc2C)cc1OC. The van der Waals surface area contributed by atoms with Crippen molar-refractivity contribution in [2.45, 2.75) is 19.9 Å². The van der Waals surface area contributed by atoms with Crippen LogP contribution in [0.5, 0.6) is 11.5 Å². The molecule has 0 aliphatic rings. The lowest BCUT2D eigenvalue weighted by Gasteiger charge is -2.17. The fourth-order valence-electron chi connectivity index (χ4n) is 2.29. The van der Waals surface area contributed by atoms with Crippen molar-refractivity contribution in [3.8, 4) is 11.5 Å². The Hall–Kier alpha value is -2.47. The molecule has 2 aromatic rings. The molecule has 0 saturated carbocycles. The van der Waals surface area contributed by atoms with E-state index in [1.165, 1.54) is 6.26 Å². The van der Waals surface area contributed by atoms with Crippen molar-refractivity contribution >= 4 is 5.91 Å². The van der Waals surface area contributed by atoms with E-state index in [-0.39, 0.29) is 11.9 Å². The molecule has 24 heavy (non-hydrogen) atoms. The van der Waals surface area contributed by atoms with E-state index in [0.717, 1.165) is 5.56 Å². The molecule has 0 fully saturated rings. The quantitative estimate of drug-likeness (QED) is 0.752. The Morgan fingerprint density at radius 3 is 2.62 bits per heavy atom. The Balaban J connectivity index is 2.07. The number of ether oxygens (including phenoxy) is 3. The molecule has 1 aromatic heterocycles. The Morgan fingerprint density at radius 1 is 1.21 bits per heavy atom. The molecule has 0 spiro atoms. The summed E-state index contributed by atoms with van der Waals surface area (Å²) in [4.78, 5) is 12.3. The Labute approximate surface area is 141 Å². The van der Waals surface area contributed by atoms with Crippen LogP contribution in [0.25, 0.3) is 0 Å². The van der Waals surface area contributed by atoms with Crippen molar-refractivity contribution in [1.29, 1.82) is 0 Å². The summed E-state index contributed by atoms with van der Waals surface area (Å²) in [6.45, 7) is 4.61. The topological polar surface area (TPSA) is 69.9 Å². The normalized spacial score (nSPS) is 11.8. The van der Waals surface area contributed by atoms with E-state index in [1.54, 1.807) is 27.2 Å². The summed E-state index contributed by atoms with van der Waals surface area (Å²) >= 11 is 0. The zero-order valence-corrected chi connectivity index (χ0v) is 14.4. The van der Waals surface area contributed by atoms with Crippen LogP contribution in [0.1, 0.15) is 34.6 Å². The standard InChI is InChI=1S/C18H23NO5/c1-12(19-18(20)15-7-8-23-13(15)2)14-5-6-16(17(11-14)22-4)24-10-9-21-3/h5-8,11-12H,9-10H2,1-4H3,(H,19,20)/t12-/m0/s1. The molecule has 0 saturated heterocycles. The van der Waals surface area contributed by atoms with Gasteiger partial charge in [0.15, 0.2) is 11.5 Å². The number of hydrogen-bond donors (Lipinski definition) is 1. The van der Waals surface area contributed by atoms with Crippen LogP contribution in [-0.4, -0.2) is 33.3 Å². The number of carbonyl (C=O) groups is 1. The first-order chi connectivity index (χ1) is 11.6. The highest BCUT2D eigenvalue weighted by Crippen LogP contribution is 2.30. The lowest BCUT2D eigenvalue weighted by Crippen LogP contribution is -2.26. The van der Waals surface area contributed by atoms with Gasteiger partial charge in [0.2, 0.25) is 0 Å². The first-order valence-corrected chi connectivity index (χ1v) is 7.71. The van der Waals surface area contributed by atoms with Gasteiger partial charge < -0.3 is 23.9 Å². The Kier molecular flexibility index (Phi) is 6.26. The average molecular weight is 333 g/mol. The van der Waals surface area contributed by atoms with Gasteiger partial charge in [-0.05, 0) is 37.6 Å². The highest BCUT2D eigenvalue weighted by atomic mass is 16.5. The highest BCUT2D eigenvalue weighted by Gasteiger charge is 2.16. The van der Waals surface area contributed by atoms with Gasteiger partial charge in [-0.2, -0.15) is 0 Å². The van der Waals surface area contributed by atoms with Gasteiger partial charge in [0.1, 0.15) is 12.4 Å². The minimum atomic E-state index is -0.186. The molecule has 1 heterocycles. The van der Waals surface area contributed by atoms with Gasteiger partial charge in [-0.1, -0.05) is 6.07 Å². The Morgan fingerprint density at radius 2 is 2.00 bits per heavy atom. The van der Waals surface area contributed by atoms with Gasteiger partial charge in [-0.15, -0.1) is 0 Å². The number of carbonyl (C=O) groups excluding carboxylic acids is 1. The minimum absolute atomic E-state index is 0.173. The second-order valence-corrected chi connectivity index (χ2v) is 5.34. The summed E-state index contributed by atoms with van der Waals surface area (Å²) in [5, 5.41) is 2.95. The van der Waals surface area contributed by atoms with Gasteiger partial charge in [0, 0.05) is 7.11 Å². The zero-order chi connectivity index (χ0) is 17.5. The van der Waals surface area contributed by atoms with Crippen molar-refractivity contribution < 1.29 is 23.4 Å². The maximum Gasteiger partial charge on any atom is 0.255 e. The third-order valence-corrected chi connectivity index (χ3v) is 3.68. The van der Waals surface area contributed by atoms with E-state index in [2.05, 4.69) is 5.32 Å². The van der Waals surface area contributed by atoms with E-state index in [4.69, 9.17) is 18.6 Å². The van der Waals surface area contributed by atoms with Gasteiger partial charge >= 0.3 is 0 Å². The Bertz CT molecular complexity index is 680. The number of amides is 1. The van der Waals surface area contributed by atoms with E-state index < -0.39 is 0 Å². The summed E-state index contributed by atoms with van der Waals surface area (Å²) in [7, 11) is 3.20. The molecule has 0 aliphatic carbocycles. The average Bonchev–Trinajstić information content (AvgIpc) is 3.01. The zero-order valence-electron chi connectivity index (χ0n) is 14.4. The summed E-state index contributed by atoms with van der Waals surface area (Å²) in [6, 6.07) is 7.06. The number of methoxy groups -OCH3 is 2. The maximum atomic E-state index is 12.3. The first-order valence-electron chi connectivity index (χ1n) is 7.71. The number of rotatable bonds is 8. The molecule has 1 N–H and O–H groups in total. The van der Waals surface area contributed by atoms with E-state index in [9.17, 15) is 4.79 Å². The highest BCUT2D eigenvalue weighted by molar-refractivity contribution is 5.95. The molecule has 0 unspecified atom stereocenters. The fraction of sp³-hybridized carbons (Fsp3) is 0.389. The largest absolute Gasteiger partial charge is 0.493 e. The molecule has 0 radical (unpaired) electrons. The first kappa shape index (κ1) is 17.9. The number of hydrogen-bond acceptors (Lipinski definition) is 5. The van der Waals surface area contributed by atoms with Crippen molar-refractivity contribution in [2.75, 3.05) is 27.4 Å². The number of aryl methyl sites for hydroxylation is 1. The van der Waals surface area contributed by atoms with Crippen molar-refractivity contribution in [3.63, 3.8) is 0 Å². The van der Waals surface area contributed by atoms with Crippen molar-refractivity contribution in [3.05, 3.63) is 47.4 Å². The lowest BCUT2D eigenvalue weighted by molar-refractivity contribution is 0.0938. The molecule has 0 aliphatic heterocycles. The third kappa shape index (κ3) is 4.29. The van der Waals surface area contributed by atoms with Crippen LogP contribution in [0, 0.1) is 6.92 Å². The molecule has 1 amide bonds. The summed E-state index contributed by atoms with van der Waals surface area (Å²) in [5.41, 5.74) is 1.45. The molecule has 6 heteroatoms. The third-order valence-electron chi connectivity index (χ3n) is 3.68. The predicted molar refractivity (Wildman–Crippen MR) is 89.7 cm³/mol. The van der Waals surface area contributed by atoms with Crippen LogP contribution in [0.2, 0.25) is 0 Å². The number of furan rings is 1. The molecule has 0 bridgehead atoms. The fourth-order valence-corrected chi connectivity index (χ4v) is 2.29. The summed E-state index contributed by atoms with van der Waals surface area (Å²) < 4.78 is 21.1. The number of benzene rings is 1. The van der Waals surface area contributed by atoms with Gasteiger partial charge in [0.25, 0.3) is 5.91 Å². The van der Waals surface area contributed by atoms with Crippen LogP contribution in [0.15, 0.2) is 34.9 Å². The van der Waals surface area contributed by atoms with Crippen LogP contribution < -0.4 is 14.8 Å². The minimum Gasteiger partial charge on any atom is -0.493 e. The molecular weight excluding hydrogens is 310 g/mol. The van der Waals surface area contributed by atoms with Gasteiger partial charge in [-0.25, -0.2) is 0 Å². The summed E-state index contributed by atoms with van der Waals surface area (Å²) in [6.07, 6.45) is 1.50. The van der Waals surface area contributed by atoms with Crippen LogP contribution in [0.3, 0.4) is 0 Å². The van der Waals surface area contributed by atoms with Crippen molar-refractivity contribution in [2.24, 2.45) is 0 Å². The van der Waals surface area contributed by atoms with E-state index in [1.807, 2.05) is 25.1 Å². The molecule has 130 valence electrons. The molecule has 1 aromatic carbocycles. The van der Waals surface area contributed by atoms with Crippen LogP contribution in [-0.2, 0) is 4.74 Å². The number of nitrogens with one attached hydrogen (secondary N) is 1. The molecule has 6 nitrogen and oxygen atoms in total. The molecular formula is C18H23NO5. The van der Waals surface area contributed by atoms with Gasteiger partial charge in [0.05, 0.1) is 31.6 Å². The predicted octanol–water partition coefficient (Wildman–Crippen LogP) is 3.11. The lowest BCUT2D eigenvalue weighted by atomic mass is 10.1. The van der Waals surface area contributed by atoms with Crippen LogP contribution >= 0.6 is 0 Å². The van der Waals surface area contributed by atoms with Crippen molar-refractivity contribution in [1.82, 2.24) is 5.32 Å². The van der Waals surface area contributed by atoms with E-state index in [0.29, 0.717) is 36.0 Å². The molecule has 2 rings (SSSR count). The summed E-state index contributed by atoms with van der Waals surface area (Å²) in [5.74, 6) is 1.68. The molecule has 1 atom stereocenters. The second kappa shape index (κ2) is 8.40. The monoisotopic (exact) mass is 333 g/mol.